The predicted molar refractivity (Wildman–Crippen MR) is 75.0 cm³/mol. The molecule has 3 aromatic rings. The highest BCUT2D eigenvalue weighted by Crippen LogP contribution is 2.17. The molecule has 0 atom stereocenters. The molecule has 6 nitrogen and oxygen atoms in total. The van der Waals surface area contributed by atoms with E-state index < -0.39 is 5.97 Å². The van der Waals surface area contributed by atoms with Crippen molar-refractivity contribution in [2.24, 2.45) is 0 Å². The molecule has 0 aliphatic rings. The van der Waals surface area contributed by atoms with Gasteiger partial charge in [0.2, 0.25) is 0 Å². The number of carboxylic acids is 1. The van der Waals surface area contributed by atoms with Gasteiger partial charge in [0.25, 0.3) is 0 Å². The molecule has 7 heteroatoms. The summed E-state index contributed by atoms with van der Waals surface area (Å²) in [6, 6.07) is 5.07. The number of nitrogens with zero attached hydrogens (tertiary/aromatic N) is 4. The fourth-order valence-corrected chi connectivity index (χ4v) is 2.72. The van der Waals surface area contributed by atoms with Gasteiger partial charge in [-0.3, -0.25) is 0 Å². The summed E-state index contributed by atoms with van der Waals surface area (Å²) in [6.45, 7) is 2.60. The lowest BCUT2D eigenvalue weighted by Crippen LogP contribution is -2.04. The van der Waals surface area contributed by atoms with Crippen LogP contribution in [0, 0.1) is 6.92 Å². The Labute approximate surface area is 118 Å². The van der Waals surface area contributed by atoms with Crippen LogP contribution in [0.1, 0.15) is 21.1 Å². The number of aryl methyl sites for hydroxylation is 3. The number of fused-ring (bicyclic) bond motifs is 1. The third-order valence-corrected chi connectivity index (χ3v) is 3.84. The van der Waals surface area contributed by atoms with Gasteiger partial charge in [-0.25, -0.2) is 14.5 Å². The molecule has 0 saturated carbocycles. The molecule has 3 rings (SSSR count). The Morgan fingerprint density at radius 2 is 2.30 bits per heavy atom. The van der Waals surface area contributed by atoms with E-state index in [-0.39, 0.29) is 5.56 Å². The first-order valence-electron chi connectivity index (χ1n) is 6.11. The van der Waals surface area contributed by atoms with E-state index >= 15 is 0 Å². The lowest BCUT2D eigenvalue weighted by Gasteiger charge is -2.01. The number of rotatable bonds is 4. The number of aromatic carboxylic acids is 1. The Kier molecular flexibility index (Phi) is 3.19. The SMILES string of the molecule is Cc1nc(CCn2nnc3c(C(=O)O)cccc32)cs1. The molecular weight excluding hydrogens is 276 g/mol. The lowest BCUT2D eigenvalue weighted by atomic mass is 10.2. The fourth-order valence-electron chi connectivity index (χ4n) is 2.07. The van der Waals surface area contributed by atoms with E-state index in [4.69, 9.17) is 5.11 Å². The molecule has 0 fully saturated rings. The van der Waals surface area contributed by atoms with Crippen molar-refractivity contribution in [3.63, 3.8) is 0 Å². The van der Waals surface area contributed by atoms with Crippen LogP contribution in [0.2, 0.25) is 0 Å². The van der Waals surface area contributed by atoms with Gasteiger partial charge >= 0.3 is 5.97 Å². The second kappa shape index (κ2) is 5.01. The first-order valence-corrected chi connectivity index (χ1v) is 6.99. The molecule has 0 unspecified atom stereocenters. The van der Waals surface area contributed by atoms with Crippen molar-refractivity contribution in [3.8, 4) is 0 Å². The largest absolute Gasteiger partial charge is 0.478 e. The Hall–Kier alpha value is -2.28. The molecule has 0 bridgehead atoms. The molecule has 0 saturated heterocycles. The van der Waals surface area contributed by atoms with Crippen molar-refractivity contribution < 1.29 is 9.90 Å². The summed E-state index contributed by atoms with van der Waals surface area (Å²) in [5.41, 5.74) is 2.36. The van der Waals surface area contributed by atoms with Crippen molar-refractivity contribution in [3.05, 3.63) is 39.8 Å². The zero-order chi connectivity index (χ0) is 14.1. The highest BCUT2D eigenvalue weighted by atomic mass is 32.1. The van der Waals surface area contributed by atoms with E-state index in [0.29, 0.717) is 12.1 Å². The van der Waals surface area contributed by atoms with E-state index in [1.165, 1.54) is 6.07 Å². The fraction of sp³-hybridized carbons (Fsp3) is 0.231. The van der Waals surface area contributed by atoms with Crippen LogP contribution in [0.3, 0.4) is 0 Å². The highest BCUT2D eigenvalue weighted by molar-refractivity contribution is 7.09. The normalized spacial score (nSPS) is 11.1. The summed E-state index contributed by atoms with van der Waals surface area (Å²) >= 11 is 1.62. The van der Waals surface area contributed by atoms with E-state index in [2.05, 4.69) is 15.3 Å². The van der Waals surface area contributed by atoms with Crippen LogP contribution in [0.15, 0.2) is 23.6 Å². The second-order valence-corrected chi connectivity index (χ2v) is 5.46. The van der Waals surface area contributed by atoms with Crippen molar-refractivity contribution in [1.82, 2.24) is 20.0 Å². The Morgan fingerprint density at radius 1 is 1.45 bits per heavy atom. The molecule has 20 heavy (non-hydrogen) atoms. The number of carbonyl (C=O) groups is 1. The third kappa shape index (κ3) is 2.27. The minimum Gasteiger partial charge on any atom is -0.478 e. The summed E-state index contributed by atoms with van der Waals surface area (Å²) in [5, 5.41) is 20.2. The summed E-state index contributed by atoms with van der Waals surface area (Å²) < 4.78 is 1.72. The molecular formula is C13H12N4O2S. The summed E-state index contributed by atoms with van der Waals surface area (Å²) in [7, 11) is 0. The van der Waals surface area contributed by atoms with Crippen LogP contribution in [0.5, 0.6) is 0 Å². The Bertz CT molecular complexity index is 778. The molecule has 1 aromatic carbocycles. The average molecular weight is 288 g/mol. The molecule has 0 aliphatic carbocycles. The van der Waals surface area contributed by atoms with Gasteiger partial charge in [0, 0.05) is 18.3 Å². The van der Waals surface area contributed by atoms with Crippen LogP contribution in [0.25, 0.3) is 11.0 Å². The molecule has 2 heterocycles. The van der Waals surface area contributed by atoms with E-state index in [1.807, 2.05) is 18.4 Å². The number of aromatic nitrogens is 4. The smallest absolute Gasteiger partial charge is 0.338 e. The zero-order valence-electron chi connectivity index (χ0n) is 10.8. The summed E-state index contributed by atoms with van der Waals surface area (Å²) in [5.74, 6) is -0.988. The first-order chi connectivity index (χ1) is 9.65. The monoisotopic (exact) mass is 288 g/mol. The van der Waals surface area contributed by atoms with Gasteiger partial charge in [-0.05, 0) is 19.1 Å². The summed E-state index contributed by atoms with van der Waals surface area (Å²) in [6.07, 6.45) is 0.750. The molecule has 0 aliphatic heterocycles. The minimum absolute atomic E-state index is 0.179. The van der Waals surface area contributed by atoms with Gasteiger partial charge in [0.05, 0.1) is 21.8 Å². The molecule has 102 valence electrons. The average Bonchev–Trinajstić information content (AvgIpc) is 3.02. The maximum absolute atomic E-state index is 11.1. The third-order valence-electron chi connectivity index (χ3n) is 3.02. The molecule has 1 N–H and O–H groups in total. The number of hydrogen-bond acceptors (Lipinski definition) is 5. The Balaban J connectivity index is 1.89. The van der Waals surface area contributed by atoms with Crippen LogP contribution in [-0.2, 0) is 13.0 Å². The van der Waals surface area contributed by atoms with Gasteiger partial charge in [-0.1, -0.05) is 11.3 Å². The quantitative estimate of drug-likeness (QED) is 0.795. The maximum atomic E-state index is 11.1. The van der Waals surface area contributed by atoms with Gasteiger partial charge in [0.15, 0.2) is 0 Å². The zero-order valence-corrected chi connectivity index (χ0v) is 11.6. The topological polar surface area (TPSA) is 80.9 Å². The highest BCUT2D eigenvalue weighted by Gasteiger charge is 2.13. The lowest BCUT2D eigenvalue weighted by molar-refractivity contribution is 0.0699. The minimum atomic E-state index is -0.988. The maximum Gasteiger partial charge on any atom is 0.338 e. The number of carboxylic acid groups (broad SMARTS) is 1. The van der Waals surface area contributed by atoms with Crippen molar-refractivity contribution >= 4 is 28.3 Å². The van der Waals surface area contributed by atoms with E-state index in [1.54, 1.807) is 22.1 Å². The number of hydrogen-bond donors (Lipinski definition) is 1. The first kappa shape index (κ1) is 12.7. The van der Waals surface area contributed by atoms with Crippen molar-refractivity contribution in [2.45, 2.75) is 19.9 Å². The predicted octanol–water partition coefficient (Wildman–Crippen LogP) is 2.14. The Morgan fingerprint density at radius 3 is 3.00 bits per heavy atom. The number of benzene rings is 1. The molecule has 0 spiro atoms. The second-order valence-electron chi connectivity index (χ2n) is 4.40. The molecule has 2 aromatic heterocycles. The van der Waals surface area contributed by atoms with Crippen molar-refractivity contribution in [2.75, 3.05) is 0 Å². The van der Waals surface area contributed by atoms with Gasteiger partial charge in [-0.2, -0.15) is 0 Å². The van der Waals surface area contributed by atoms with Crippen LogP contribution in [-0.4, -0.2) is 31.1 Å². The van der Waals surface area contributed by atoms with Crippen LogP contribution >= 0.6 is 11.3 Å². The molecule has 0 amide bonds. The van der Waals surface area contributed by atoms with E-state index in [9.17, 15) is 4.79 Å². The van der Waals surface area contributed by atoms with Crippen LogP contribution in [0.4, 0.5) is 0 Å². The van der Waals surface area contributed by atoms with Gasteiger partial charge in [-0.15, -0.1) is 16.4 Å². The molecule has 0 radical (unpaired) electrons. The van der Waals surface area contributed by atoms with Crippen LogP contribution < -0.4 is 0 Å². The van der Waals surface area contributed by atoms with Crippen molar-refractivity contribution in [1.29, 1.82) is 0 Å². The summed E-state index contributed by atoms with van der Waals surface area (Å²) in [4.78, 5) is 15.5. The number of thiazole rings is 1. The van der Waals surface area contributed by atoms with Gasteiger partial charge in [0.1, 0.15) is 5.52 Å². The van der Waals surface area contributed by atoms with E-state index in [0.717, 1.165) is 22.6 Å². The standard InChI is InChI=1S/C13H12N4O2S/c1-8-14-9(7-20-8)5-6-17-11-4-2-3-10(13(18)19)12(11)15-16-17/h2-4,7H,5-6H2,1H3,(H,18,19). The van der Waals surface area contributed by atoms with Gasteiger partial charge < -0.3 is 5.11 Å².